The maximum absolute atomic E-state index is 8.43. The van der Waals surface area contributed by atoms with Crippen LogP contribution >= 0.6 is 11.6 Å². The number of halogens is 1. The van der Waals surface area contributed by atoms with Crippen LogP contribution in [0.5, 0.6) is 0 Å². The summed E-state index contributed by atoms with van der Waals surface area (Å²) in [6.07, 6.45) is 1.36. The molecule has 0 aliphatic heterocycles. The molecule has 0 saturated heterocycles. The number of rotatable bonds is 0. The molecule has 1 heterocycles. The fourth-order valence-electron chi connectivity index (χ4n) is 0.537. The monoisotopic (exact) mass is 153 g/mol. The van der Waals surface area contributed by atoms with Gasteiger partial charge in [0.05, 0.1) is 17.4 Å². The molecular formula is C6H4ClN3. The van der Waals surface area contributed by atoms with Gasteiger partial charge >= 0.3 is 0 Å². The Morgan fingerprint density at radius 2 is 2.40 bits per heavy atom. The standard InChI is InChI=1S/C6H4ClN3/c7-6-1-4(2-8)5(9)3-10-6/h1,3H,9H2. The van der Waals surface area contributed by atoms with Gasteiger partial charge in [-0.2, -0.15) is 5.26 Å². The van der Waals surface area contributed by atoms with E-state index in [4.69, 9.17) is 22.6 Å². The molecule has 0 fully saturated rings. The van der Waals surface area contributed by atoms with Gasteiger partial charge in [0.25, 0.3) is 0 Å². The zero-order chi connectivity index (χ0) is 7.56. The highest BCUT2D eigenvalue weighted by Gasteiger charge is 1.97. The Morgan fingerprint density at radius 1 is 1.70 bits per heavy atom. The Hall–Kier alpha value is -1.27. The van der Waals surface area contributed by atoms with Crippen molar-refractivity contribution in [3.05, 3.63) is 23.0 Å². The number of aromatic nitrogens is 1. The molecule has 1 aromatic heterocycles. The van der Waals surface area contributed by atoms with Gasteiger partial charge in [-0.15, -0.1) is 0 Å². The number of nitrogen functional groups attached to an aromatic ring is 1. The zero-order valence-electron chi connectivity index (χ0n) is 5.00. The van der Waals surface area contributed by atoms with Crippen molar-refractivity contribution in [3.63, 3.8) is 0 Å². The van der Waals surface area contributed by atoms with Crippen LogP contribution in [0.4, 0.5) is 5.69 Å². The second-order valence-corrected chi connectivity index (χ2v) is 2.09. The second-order valence-electron chi connectivity index (χ2n) is 1.71. The van der Waals surface area contributed by atoms with Gasteiger partial charge in [-0.3, -0.25) is 0 Å². The van der Waals surface area contributed by atoms with Crippen LogP contribution in [0, 0.1) is 11.3 Å². The van der Waals surface area contributed by atoms with E-state index in [2.05, 4.69) is 4.98 Å². The van der Waals surface area contributed by atoms with Gasteiger partial charge < -0.3 is 5.73 Å². The maximum atomic E-state index is 8.43. The molecule has 0 amide bonds. The van der Waals surface area contributed by atoms with Gasteiger partial charge in [0.2, 0.25) is 0 Å². The van der Waals surface area contributed by atoms with Crippen molar-refractivity contribution in [1.29, 1.82) is 5.26 Å². The molecule has 0 atom stereocenters. The molecule has 1 rings (SSSR count). The van der Waals surface area contributed by atoms with Crippen molar-refractivity contribution in [2.45, 2.75) is 0 Å². The highest BCUT2D eigenvalue weighted by molar-refractivity contribution is 6.29. The number of nitriles is 1. The Bertz CT molecular complexity index is 290. The Morgan fingerprint density at radius 3 is 2.90 bits per heavy atom. The summed E-state index contributed by atoms with van der Waals surface area (Å²) in [4.78, 5) is 3.68. The van der Waals surface area contributed by atoms with Crippen molar-refractivity contribution in [3.8, 4) is 6.07 Å². The van der Waals surface area contributed by atoms with Crippen LogP contribution in [0.1, 0.15) is 5.56 Å². The fraction of sp³-hybridized carbons (Fsp3) is 0. The molecule has 2 N–H and O–H groups in total. The van der Waals surface area contributed by atoms with Crippen molar-refractivity contribution in [2.75, 3.05) is 5.73 Å². The Kier molecular flexibility index (Phi) is 1.74. The fourth-order valence-corrected chi connectivity index (χ4v) is 0.695. The third-order valence-electron chi connectivity index (χ3n) is 1.02. The summed E-state index contributed by atoms with van der Waals surface area (Å²) in [7, 11) is 0. The maximum Gasteiger partial charge on any atom is 0.130 e. The minimum atomic E-state index is 0.283. The highest BCUT2D eigenvalue weighted by atomic mass is 35.5. The van der Waals surface area contributed by atoms with Gasteiger partial charge in [-0.05, 0) is 6.07 Å². The molecule has 0 aliphatic rings. The molecule has 3 nitrogen and oxygen atoms in total. The summed E-state index contributed by atoms with van der Waals surface area (Å²) in [6, 6.07) is 3.31. The predicted octanol–water partition coefficient (Wildman–Crippen LogP) is 1.19. The van der Waals surface area contributed by atoms with E-state index in [1.165, 1.54) is 12.3 Å². The average Bonchev–Trinajstić information content (AvgIpc) is 1.94. The molecule has 0 unspecified atom stereocenters. The molecule has 0 saturated carbocycles. The van der Waals surface area contributed by atoms with Crippen LogP contribution in [0.15, 0.2) is 12.3 Å². The number of hydrogen-bond donors (Lipinski definition) is 1. The Labute approximate surface area is 63.1 Å². The zero-order valence-corrected chi connectivity index (χ0v) is 5.76. The van der Waals surface area contributed by atoms with Gasteiger partial charge in [0.1, 0.15) is 11.2 Å². The highest BCUT2D eigenvalue weighted by Crippen LogP contribution is 2.12. The largest absolute Gasteiger partial charge is 0.396 e. The van der Waals surface area contributed by atoms with Crippen LogP contribution in [-0.2, 0) is 0 Å². The number of nitrogens with zero attached hydrogens (tertiary/aromatic N) is 2. The lowest BCUT2D eigenvalue weighted by atomic mass is 10.2. The normalized spacial score (nSPS) is 8.80. The summed E-state index contributed by atoms with van der Waals surface area (Å²) in [5, 5.41) is 8.71. The predicted molar refractivity (Wildman–Crippen MR) is 38.4 cm³/mol. The molecule has 1 aromatic rings. The summed E-state index contributed by atoms with van der Waals surface area (Å²) >= 11 is 5.48. The number of nitrogens with two attached hydrogens (primary N) is 1. The van der Waals surface area contributed by atoms with Crippen molar-refractivity contribution >= 4 is 17.3 Å². The van der Waals surface area contributed by atoms with E-state index in [1.54, 1.807) is 0 Å². The molecule has 0 aliphatic carbocycles. The van der Waals surface area contributed by atoms with E-state index in [9.17, 15) is 0 Å². The molecule has 50 valence electrons. The number of hydrogen-bond acceptors (Lipinski definition) is 3. The Balaban J connectivity index is 3.25. The average molecular weight is 154 g/mol. The van der Waals surface area contributed by atoms with Gasteiger partial charge in [0, 0.05) is 0 Å². The van der Waals surface area contributed by atoms with E-state index >= 15 is 0 Å². The first-order valence-electron chi connectivity index (χ1n) is 2.55. The summed E-state index contributed by atoms with van der Waals surface area (Å²) in [5.74, 6) is 0. The van der Waals surface area contributed by atoms with E-state index in [0.29, 0.717) is 11.3 Å². The van der Waals surface area contributed by atoms with E-state index in [-0.39, 0.29) is 5.15 Å². The van der Waals surface area contributed by atoms with Gasteiger partial charge in [-0.1, -0.05) is 11.6 Å². The lowest BCUT2D eigenvalue weighted by molar-refractivity contribution is 1.31. The summed E-state index contributed by atoms with van der Waals surface area (Å²) < 4.78 is 0. The van der Waals surface area contributed by atoms with Crippen molar-refractivity contribution in [2.24, 2.45) is 0 Å². The minimum Gasteiger partial charge on any atom is -0.396 e. The summed E-state index contributed by atoms with van der Waals surface area (Å²) in [5.41, 5.74) is 6.07. The van der Waals surface area contributed by atoms with Crippen LogP contribution in [-0.4, -0.2) is 4.98 Å². The molecule has 0 bridgehead atoms. The van der Waals surface area contributed by atoms with Crippen molar-refractivity contribution in [1.82, 2.24) is 4.98 Å². The molecule has 0 aromatic carbocycles. The lowest BCUT2D eigenvalue weighted by Gasteiger charge is -1.93. The number of pyridine rings is 1. The molecule has 0 spiro atoms. The molecule has 4 heteroatoms. The quantitative estimate of drug-likeness (QED) is 0.570. The van der Waals surface area contributed by atoms with Crippen LogP contribution in [0.3, 0.4) is 0 Å². The first kappa shape index (κ1) is 6.84. The first-order valence-corrected chi connectivity index (χ1v) is 2.93. The van der Waals surface area contributed by atoms with Gasteiger partial charge in [-0.25, -0.2) is 4.98 Å². The smallest absolute Gasteiger partial charge is 0.130 e. The van der Waals surface area contributed by atoms with E-state index < -0.39 is 0 Å². The van der Waals surface area contributed by atoms with Crippen LogP contribution < -0.4 is 5.73 Å². The molecule has 0 radical (unpaired) electrons. The van der Waals surface area contributed by atoms with E-state index in [0.717, 1.165) is 0 Å². The van der Waals surface area contributed by atoms with Crippen LogP contribution in [0.2, 0.25) is 5.15 Å². The van der Waals surface area contributed by atoms with Crippen LogP contribution in [0.25, 0.3) is 0 Å². The summed E-state index contributed by atoms with van der Waals surface area (Å²) in [6.45, 7) is 0. The van der Waals surface area contributed by atoms with Gasteiger partial charge in [0.15, 0.2) is 0 Å². The lowest BCUT2D eigenvalue weighted by Crippen LogP contribution is -1.90. The molecule has 10 heavy (non-hydrogen) atoms. The van der Waals surface area contributed by atoms with Crippen molar-refractivity contribution < 1.29 is 0 Å². The third kappa shape index (κ3) is 1.17. The SMILES string of the molecule is N#Cc1cc(Cl)ncc1N. The third-order valence-corrected chi connectivity index (χ3v) is 1.23. The topological polar surface area (TPSA) is 62.7 Å². The number of anilines is 1. The minimum absolute atomic E-state index is 0.283. The first-order chi connectivity index (χ1) is 4.74. The van der Waals surface area contributed by atoms with E-state index in [1.807, 2.05) is 6.07 Å². The second kappa shape index (κ2) is 2.54. The molecular weight excluding hydrogens is 150 g/mol.